The van der Waals surface area contributed by atoms with Crippen molar-refractivity contribution in [3.8, 4) is 0 Å². The second-order valence-corrected chi connectivity index (χ2v) is 5.02. The third-order valence-corrected chi connectivity index (χ3v) is 3.53. The molecule has 1 aliphatic heterocycles. The van der Waals surface area contributed by atoms with Gasteiger partial charge in [0.05, 0.1) is 0 Å². The number of hydrazine groups is 1. The van der Waals surface area contributed by atoms with Gasteiger partial charge in [-0.2, -0.15) is 0 Å². The number of nitrogens with zero attached hydrogens (tertiary/aromatic N) is 1. The van der Waals surface area contributed by atoms with Gasteiger partial charge in [0.25, 0.3) is 0 Å². The minimum atomic E-state index is -1.55. The molecule has 0 radical (unpaired) electrons. The Morgan fingerprint density at radius 1 is 1.35 bits per heavy atom. The lowest BCUT2D eigenvalue weighted by Crippen LogP contribution is -2.55. The van der Waals surface area contributed by atoms with Crippen LogP contribution < -0.4 is 5.84 Å². The molecule has 6 nitrogen and oxygen atoms in total. The van der Waals surface area contributed by atoms with Gasteiger partial charge >= 0.3 is 11.9 Å². The van der Waals surface area contributed by atoms with Crippen LogP contribution in [0.3, 0.4) is 0 Å². The molecule has 108 valence electrons. The predicted octanol–water partition coefficient (Wildman–Crippen LogP) is 0.770. The molecule has 1 fully saturated rings. The molecule has 1 heterocycles. The standard InChI is InChI=1S/C14H18N2O4/c15-16-8-4-7-14(10-16,12(17)18)13(19)20-9-11-5-2-1-3-6-11/h1-3,5-6H,4,7-10,15H2,(H,17,18)/t14-/m0/s1. The molecule has 6 heteroatoms. The van der Waals surface area contributed by atoms with E-state index >= 15 is 0 Å². The molecular weight excluding hydrogens is 260 g/mol. The number of carbonyl (C=O) groups excluding carboxylic acids is 1. The summed E-state index contributed by atoms with van der Waals surface area (Å²) in [5.74, 6) is 3.76. The van der Waals surface area contributed by atoms with Gasteiger partial charge < -0.3 is 9.84 Å². The van der Waals surface area contributed by atoms with E-state index in [0.717, 1.165) is 5.56 Å². The highest BCUT2D eigenvalue weighted by Crippen LogP contribution is 2.31. The Hall–Kier alpha value is -1.92. The quantitative estimate of drug-likeness (QED) is 0.480. The Morgan fingerprint density at radius 2 is 2.05 bits per heavy atom. The summed E-state index contributed by atoms with van der Waals surface area (Å²) in [4.78, 5) is 23.7. The van der Waals surface area contributed by atoms with Gasteiger partial charge in [-0.1, -0.05) is 30.3 Å². The van der Waals surface area contributed by atoms with Gasteiger partial charge in [0.2, 0.25) is 0 Å². The molecule has 3 N–H and O–H groups in total. The van der Waals surface area contributed by atoms with Crippen LogP contribution in [0.4, 0.5) is 0 Å². The van der Waals surface area contributed by atoms with Crippen molar-refractivity contribution in [1.29, 1.82) is 0 Å². The average Bonchev–Trinajstić information content (AvgIpc) is 2.45. The van der Waals surface area contributed by atoms with Crippen molar-refractivity contribution >= 4 is 11.9 Å². The molecule has 2 rings (SSSR count). The highest BCUT2D eigenvalue weighted by molar-refractivity contribution is 5.99. The topological polar surface area (TPSA) is 92.9 Å². The number of hydrogen-bond acceptors (Lipinski definition) is 5. The first-order chi connectivity index (χ1) is 9.54. The summed E-state index contributed by atoms with van der Waals surface area (Å²) in [5.41, 5.74) is -0.733. The number of hydrogen-bond donors (Lipinski definition) is 2. The number of carbonyl (C=O) groups is 2. The number of benzene rings is 1. The normalized spacial score (nSPS) is 23.2. The molecule has 1 atom stereocenters. The first-order valence-corrected chi connectivity index (χ1v) is 6.49. The van der Waals surface area contributed by atoms with Gasteiger partial charge in [-0.25, -0.2) is 5.01 Å². The molecule has 0 spiro atoms. The number of ether oxygens (including phenoxy) is 1. The van der Waals surface area contributed by atoms with E-state index in [-0.39, 0.29) is 19.6 Å². The fourth-order valence-electron chi connectivity index (χ4n) is 2.38. The van der Waals surface area contributed by atoms with Crippen molar-refractivity contribution in [2.24, 2.45) is 11.3 Å². The smallest absolute Gasteiger partial charge is 0.325 e. The molecule has 1 aromatic carbocycles. The molecule has 1 aliphatic rings. The molecule has 0 aromatic heterocycles. The number of carboxylic acids is 1. The number of piperidine rings is 1. The predicted molar refractivity (Wildman–Crippen MR) is 71.3 cm³/mol. The summed E-state index contributed by atoms with van der Waals surface area (Å²) in [5, 5.41) is 10.8. The Kier molecular flexibility index (Phi) is 4.36. The third-order valence-electron chi connectivity index (χ3n) is 3.53. The van der Waals surface area contributed by atoms with Crippen molar-refractivity contribution in [3.63, 3.8) is 0 Å². The second kappa shape index (κ2) is 6.02. The molecule has 1 saturated heterocycles. The van der Waals surface area contributed by atoms with Crippen LogP contribution in [-0.2, 0) is 20.9 Å². The van der Waals surface area contributed by atoms with Crippen LogP contribution in [0.5, 0.6) is 0 Å². The van der Waals surface area contributed by atoms with E-state index in [0.29, 0.717) is 13.0 Å². The van der Waals surface area contributed by atoms with Crippen molar-refractivity contribution in [2.75, 3.05) is 13.1 Å². The van der Waals surface area contributed by atoms with E-state index in [9.17, 15) is 14.7 Å². The monoisotopic (exact) mass is 278 g/mol. The van der Waals surface area contributed by atoms with E-state index in [1.165, 1.54) is 5.01 Å². The van der Waals surface area contributed by atoms with Crippen LogP contribution in [0.15, 0.2) is 30.3 Å². The number of aliphatic carboxylic acids is 1. The highest BCUT2D eigenvalue weighted by atomic mass is 16.5. The molecule has 0 unspecified atom stereocenters. The van der Waals surface area contributed by atoms with Gasteiger partial charge in [0, 0.05) is 13.1 Å². The number of carboxylic acid groups (broad SMARTS) is 1. The Balaban J connectivity index is 2.06. The zero-order chi connectivity index (χ0) is 14.6. The van der Waals surface area contributed by atoms with E-state index in [1.54, 1.807) is 0 Å². The maximum absolute atomic E-state index is 12.2. The van der Waals surface area contributed by atoms with E-state index in [2.05, 4.69) is 0 Å². The summed E-state index contributed by atoms with van der Waals surface area (Å²) >= 11 is 0. The lowest BCUT2D eigenvalue weighted by Gasteiger charge is -2.35. The Labute approximate surface area is 117 Å². The van der Waals surface area contributed by atoms with Crippen molar-refractivity contribution < 1.29 is 19.4 Å². The Morgan fingerprint density at radius 3 is 2.65 bits per heavy atom. The fraction of sp³-hybridized carbons (Fsp3) is 0.429. The fourth-order valence-corrected chi connectivity index (χ4v) is 2.38. The second-order valence-electron chi connectivity index (χ2n) is 5.02. The first-order valence-electron chi connectivity index (χ1n) is 6.49. The number of esters is 1. The van der Waals surface area contributed by atoms with Crippen LogP contribution in [0, 0.1) is 5.41 Å². The maximum Gasteiger partial charge on any atom is 0.325 e. The third kappa shape index (κ3) is 2.97. The van der Waals surface area contributed by atoms with E-state index in [4.69, 9.17) is 10.6 Å². The summed E-state index contributed by atoms with van der Waals surface area (Å²) in [6.45, 7) is 0.635. The highest BCUT2D eigenvalue weighted by Gasteiger charge is 2.50. The van der Waals surface area contributed by atoms with Gasteiger partial charge in [0.1, 0.15) is 6.61 Å². The minimum absolute atomic E-state index is 0.0179. The molecule has 0 aliphatic carbocycles. The SMILES string of the molecule is NN1CCC[C@](C(=O)O)(C(=O)OCc2ccccc2)C1. The van der Waals surface area contributed by atoms with Crippen molar-refractivity contribution in [3.05, 3.63) is 35.9 Å². The van der Waals surface area contributed by atoms with Gasteiger partial charge in [-0.15, -0.1) is 0 Å². The summed E-state index contributed by atoms with van der Waals surface area (Å²) in [6, 6.07) is 9.15. The van der Waals surface area contributed by atoms with Gasteiger partial charge in [-0.05, 0) is 18.4 Å². The van der Waals surface area contributed by atoms with Crippen LogP contribution in [0.2, 0.25) is 0 Å². The molecule has 1 aromatic rings. The summed E-state index contributed by atoms with van der Waals surface area (Å²) < 4.78 is 5.18. The number of nitrogens with two attached hydrogens (primary N) is 1. The van der Waals surface area contributed by atoms with Crippen LogP contribution in [0.1, 0.15) is 18.4 Å². The van der Waals surface area contributed by atoms with E-state index < -0.39 is 17.4 Å². The van der Waals surface area contributed by atoms with Crippen LogP contribution in [0.25, 0.3) is 0 Å². The molecule has 0 amide bonds. The molecule has 20 heavy (non-hydrogen) atoms. The molecule has 0 saturated carbocycles. The van der Waals surface area contributed by atoms with Gasteiger partial charge in [0.15, 0.2) is 5.41 Å². The van der Waals surface area contributed by atoms with E-state index in [1.807, 2.05) is 30.3 Å². The number of rotatable bonds is 4. The minimum Gasteiger partial charge on any atom is -0.480 e. The Bertz CT molecular complexity index is 491. The first kappa shape index (κ1) is 14.5. The van der Waals surface area contributed by atoms with Crippen LogP contribution in [-0.4, -0.2) is 35.1 Å². The summed E-state index contributed by atoms with van der Waals surface area (Å²) in [6.07, 6.45) is 0.812. The zero-order valence-electron chi connectivity index (χ0n) is 11.1. The maximum atomic E-state index is 12.2. The van der Waals surface area contributed by atoms with Crippen molar-refractivity contribution in [1.82, 2.24) is 5.01 Å². The average molecular weight is 278 g/mol. The molecule has 0 bridgehead atoms. The lowest BCUT2D eigenvalue weighted by molar-refractivity contribution is -0.174. The van der Waals surface area contributed by atoms with Gasteiger partial charge in [-0.3, -0.25) is 15.4 Å². The summed E-state index contributed by atoms with van der Waals surface area (Å²) in [7, 11) is 0. The lowest BCUT2D eigenvalue weighted by atomic mass is 9.80. The largest absolute Gasteiger partial charge is 0.480 e. The van der Waals surface area contributed by atoms with Crippen molar-refractivity contribution in [2.45, 2.75) is 19.4 Å². The van der Waals surface area contributed by atoms with Crippen LogP contribution >= 0.6 is 0 Å². The molecular formula is C14H18N2O4. The zero-order valence-corrected chi connectivity index (χ0v) is 11.1.